The van der Waals surface area contributed by atoms with Crippen LogP contribution in [0.1, 0.15) is 44.1 Å². The molecule has 5 nitrogen and oxygen atoms in total. The third-order valence-electron chi connectivity index (χ3n) is 4.30. The van der Waals surface area contributed by atoms with Gasteiger partial charge in [0.25, 0.3) is 0 Å². The Morgan fingerprint density at radius 2 is 1.78 bits per heavy atom. The van der Waals surface area contributed by atoms with Gasteiger partial charge in [0.1, 0.15) is 0 Å². The van der Waals surface area contributed by atoms with Gasteiger partial charge in [-0.25, -0.2) is 8.42 Å². The largest absolute Gasteiger partial charge is 0.326 e. The predicted molar refractivity (Wildman–Crippen MR) is 92.8 cm³/mol. The van der Waals surface area contributed by atoms with Crippen LogP contribution < -0.4 is 5.32 Å². The molecule has 1 fully saturated rings. The average Bonchev–Trinajstić information content (AvgIpc) is 2.49. The number of carbonyl (C=O) groups excluding carboxylic acids is 1. The minimum Gasteiger partial charge on any atom is -0.326 e. The second-order valence-electron chi connectivity index (χ2n) is 6.33. The van der Waals surface area contributed by atoms with Crippen LogP contribution in [0.5, 0.6) is 0 Å². The predicted octanol–water partition coefficient (Wildman–Crippen LogP) is 2.92. The Hall–Kier alpha value is -1.40. The lowest BCUT2D eigenvalue weighted by Crippen LogP contribution is -2.42. The number of carbonyl (C=O) groups is 1. The van der Waals surface area contributed by atoms with E-state index < -0.39 is 10.0 Å². The van der Waals surface area contributed by atoms with Gasteiger partial charge in [-0.1, -0.05) is 37.0 Å². The highest BCUT2D eigenvalue weighted by molar-refractivity contribution is 7.88. The molecule has 1 amide bonds. The number of nitrogens with zero attached hydrogens (tertiary/aromatic N) is 1. The lowest BCUT2D eigenvalue weighted by molar-refractivity contribution is -0.116. The molecule has 0 atom stereocenters. The van der Waals surface area contributed by atoms with Gasteiger partial charge in [-0.05, 0) is 31.9 Å². The summed E-state index contributed by atoms with van der Waals surface area (Å²) >= 11 is 0. The maximum Gasteiger partial charge on any atom is 0.225 e. The summed E-state index contributed by atoms with van der Waals surface area (Å²) in [6.45, 7) is 2.24. The highest BCUT2D eigenvalue weighted by Gasteiger charge is 2.28. The quantitative estimate of drug-likeness (QED) is 0.867. The SMILES string of the molecule is Cc1ccc(NC(=O)CCN(C2CCCCC2)S(C)(=O)=O)cc1. The molecule has 1 aliphatic rings. The first-order chi connectivity index (χ1) is 10.9. The van der Waals surface area contributed by atoms with Crippen LogP contribution in [0.3, 0.4) is 0 Å². The van der Waals surface area contributed by atoms with E-state index in [2.05, 4.69) is 5.32 Å². The monoisotopic (exact) mass is 338 g/mol. The Morgan fingerprint density at radius 1 is 1.17 bits per heavy atom. The molecular weight excluding hydrogens is 312 g/mol. The highest BCUT2D eigenvalue weighted by atomic mass is 32.2. The van der Waals surface area contributed by atoms with Gasteiger partial charge in [-0.3, -0.25) is 4.79 Å². The minimum absolute atomic E-state index is 0.0472. The maximum atomic E-state index is 12.1. The molecule has 0 aromatic heterocycles. The summed E-state index contributed by atoms with van der Waals surface area (Å²) in [5, 5.41) is 2.82. The first-order valence-electron chi connectivity index (χ1n) is 8.19. The first-order valence-corrected chi connectivity index (χ1v) is 10.0. The molecule has 1 aliphatic carbocycles. The van der Waals surface area contributed by atoms with Crippen LogP contribution in [0.4, 0.5) is 5.69 Å². The molecule has 0 bridgehead atoms. The fourth-order valence-electron chi connectivity index (χ4n) is 3.06. The van der Waals surface area contributed by atoms with Crippen LogP contribution >= 0.6 is 0 Å². The summed E-state index contributed by atoms with van der Waals surface area (Å²) in [5.74, 6) is -0.154. The molecule has 0 unspecified atom stereocenters. The molecule has 2 rings (SSSR count). The molecule has 128 valence electrons. The summed E-state index contributed by atoms with van der Waals surface area (Å²) in [6, 6.07) is 7.61. The number of aryl methyl sites for hydroxylation is 1. The fraction of sp³-hybridized carbons (Fsp3) is 0.588. The second-order valence-corrected chi connectivity index (χ2v) is 8.26. The van der Waals surface area contributed by atoms with Crippen molar-refractivity contribution in [2.75, 3.05) is 18.1 Å². The van der Waals surface area contributed by atoms with Crippen LogP contribution in [-0.2, 0) is 14.8 Å². The lowest BCUT2D eigenvalue weighted by Gasteiger charge is -2.32. The zero-order valence-electron chi connectivity index (χ0n) is 13.9. The standard InChI is InChI=1S/C17H26N2O3S/c1-14-8-10-15(11-9-14)18-17(20)12-13-19(23(2,21)22)16-6-4-3-5-7-16/h8-11,16H,3-7,12-13H2,1-2H3,(H,18,20). The van der Waals surface area contributed by atoms with E-state index >= 15 is 0 Å². The first kappa shape index (κ1) is 17.9. The van der Waals surface area contributed by atoms with E-state index in [0.717, 1.165) is 36.9 Å². The van der Waals surface area contributed by atoms with Crippen molar-refractivity contribution in [1.29, 1.82) is 0 Å². The van der Waals surface area contributed by atoms with Gasteiger partial charge in [0.15, 0.2) is 0 Å². The smallest absolute Gasteiger partial charge is 0.225 e. The lowest BCUT2D eigenvalue weighted by atomic mass is 9.95. The average molecular weight is 338 g/mol. The molecule has 6 heteroatoms. The van der Waals surface area contributed by atoms with Crippen molar-refractivity contribution in [3.63, 3.8) is 0 Å². The molecule has 0 spiro atoms. The molecular formula is C17H26N2O3S. The van der Waals surface area contributed by atoms with Gasteiger partial charge >= 0.3 is 0 Å². The number of benzene rings is 1. The Balaban J connectivity index is 1.92. The van der Waals surface area contributed by atoms with Crippen LogP contribution in [-0.4, -0.2) is 37.5 Å². The van der Waals surface area contributed by atoms with Crippen molar-refractivity contribution in [1.82, 2.24) is 4.31 Å². The van der Waals surface area contributed by atoms with Crippen LogP contribution in [0, 0.1) is 6.92 Å². The number of anilines is 1. The third-order valence-corrected chi connectivity index (χ3v) is 5.64. The summed E-state index contributed by atoms with van der Waals surface area (Å²) in [7, 11) is -3.29. The van der Waals surface area contributed by atoms with E-state index in [9.17, 15) is 13.2 Å². The van der Waals surface area contributed by atoms with Crippen molar-refractivity contribution in [3.05, 3.63) is 29.8 Å². The molecule has 0 aliphatic heterocycles. The van der Waals surface area contributed by atoms with Crippen molar-refractivity contribution in [3.8, 4) is 0 Å². The Kier molecular flexibility index (Phi) is 6.18. The summed E-state index contributed by atoms with van der Waals surface area (Å²) in [4.78, 5) is 12.1. The van der Waals surface area contributed by atoms with Crippen LogP contribution in [0.25, 0.3) is 0 Å². The zero-order valence-corrected chi connectivity index (χ0v) is 14.7. The van der Waals surface area contributed by atoms with Crippen molar-refractivity contribution in [2.45, 2.75) is 51.5 Å². The van der Waals surface area contributed by atoms with Gasteiger partial charge in [0.05, 0.1) is 6.26 Å². The fourth-order valence-corrected chi connectivity index (χ4v) is 4.24. The number of sulfonamides is 1. The Morgan fingerprint density at radius 3 is 2.35 bits per heavy atom. The molecule has 0 heterocycles. The van der Waals surface area contributed by atoms with E-state index in [1.807, 2.05) is 31.2 Å². The van der Waals surface area contributed by atoms with Crippen molar-refractivity contribution < 1.29 is 13.2 Å². The van der Waals surface area contributed by atoms with Crippen LogP contribution in [0.2, 0.25) is 0 Å². The van der Waals surface area contributed by atoms with Crippen molar-refractivity contribution in [2.24, 2.45) is 0 Å². The van der Waals surface area contributed by atoms with E-state index in [1.165, 1.54) is 17.0 Å². The van der Waals surface area contributed by atoms with Gasteiger partial charge in [-0.2, -0.15) is 4.31 Å². The molecule has 1 saturated carbocycles. The third kappa shape index (κ3) is 5.62. The molecule has 0 saturated heterocycles. The van der Waals surface area contributed by atoms with E-state index in [-0.39, 0.29) is 24.9 Å². The zero-order chi connectivity index (χ0) is 16.9. The molecule has 1 aromatic carbocycles. The summed E-state index contributed by atoms with van der Waals surface area (Å²) in [5.41, 5.74) is 1.87. The van der Waals surface area contributed by atoms with Gasteiger partial charge < -0.3 is 5.32 Å². The number of nitrogens with one attached hydrogen (secondary N) is 1. The topological polar surface area (TPSA) is 66.5 Å². The number of hydrogen-bond donors (Lipinski definition) is 1. The highest BCUT2D eigenvalue weighted by Crippen LogP contribution is 2.24. The van der Waals surface area contributed by atoms with Crippen LogP contribution in [0.15, 0.2) is 24.3 Å². The Labute approximate surface area is 139 Å². The van der Waals surface area contributed by atoms with Gasteiger partial charge in [0.2, 0.25) is 15.9 Å². The number of rotatable bonds is 6. The second kappa shape index (κ2) is 7.93. The van der Waals surface area contributed by atoms with Crippen molar-refractivity contribution >= 4 is 21.6 Å². The van der Waals surface area contributed by atoms with E-state index in [0.29, 0.717) is 0 Å². The summed E-state index contributed by atoms with van der Waals surface area (Å²) in [6.07, 6.45) is 6.50. The van der Waals surface area contributed by atoms with Gasteiger partial charge in [0, 0.05) is 24.7 Å². The molecule has 0 radical (unpaired) electrons. The Bertz CT molecular complexity index is 620. The number of amides is 1. The van der Waals surface area contributed by atoms with E-state index in [1.54, 1.807) is 0 Å². The molecule has 1 aromatic rings. The molecule has 23 heavy (non-hydrogen) atoms. The maximum absolute atomic E-state index is 12.1. The number of hydrogen-bond acceptors (Lipinski definition) is 3. The normalized spacial score (nSPS) is 16.5. The van der Waals surface area contributed by atoms with E-state index in [4.69, 9.17) is 0 Å². The minimum atomic E-state index is -3.29. The summed E-state index contributed by atoms with van der Waals surface area (Å²) < 4.78 is 25.6. The van der Waals surface area contributed by atoms with Gasteiger partial charge in [-0.15, -0.1) is 0 Å². The molecule has 1 N–H and O–H groups in total.